The summed E-state index contributed by atoms with van der Waals surface area (Å²) in [7, 11) is 3.25. The Bertz CT molecular complexity index is 811. The molecule has 0 atom stereocenters. The minimum Gasteiger partial charge on any atom is -0.508 e. The molecule has 5 nitrogen and oxygen atoms in total. The van der Waals surface area contributed by atoms with Gasteiger partial charge in [0.25, 0.3) is 0 Å². The Balaban J connectivity index is 0.000000647. The zero-order valence-electron chi connectivity index (χ0n) is 14.3. The molecule has 0 radical (unpaired) electrons. The van der Waals surface area contributed by atoms with E-state index in [4.69, 9.17) is 0 Å². The Morgan fingerprint density at radius 1 is 0.958 bits per heavy atom. The first-order valence-corrected chi connectivity index (χ1v) is 7.53. The van der Waals surface area contributed by atoms with Gasteiger partial charge in [-0.25, -0.2) is 0 Å². The monoisotopic (exact) mass is 326 g/mol. The van der Waals surface area contributed by atoms with E-state index in [1.165, 1.54) is 6.07 Å². The van der Waals surface area contributed by atoms with Gasteiger partial charge in [-0.15, -0.1) is 0 Å². The summed E-state index contributed by atoms with van der Waals surface area (Å²) in [6, 6.07) is 13.0. The highest BCUT2D eigenvalue weighted by atomic mass is 16.4. The number of aromatic nitrogens is 2. The van der Waals surface area contributed by atoms with E-state index in [0.29, 0.717) is 16.8 Å². The zero-order chi connectivity index (χ0) is 17.7. The predicted octanol–water partition coefficient (Wildman–Crippen LogP) is 4.03. The van der Waals surface area contributed by atoms with E-state index < -0.39 is 0 Å². The van der Waals surface area contributed by atoms with Gasteiger partial charge in [0.05, 0.1) is 0 Å². The van der Waals surface area contributed by atoms with Crippen LogP contribution >= 0.6 is 0 Å². The molecule has 5 heteroatoms. The number of ether oxygens (including phenoxy) is 1. The maximum absolute atomic E-state index is 10.1. The number of phenols is 2. The Hall–Kier alpha value is -2.79. The highest BCUT2D eigenvalue weighted by Gasteiger charge is 2.18. The van der Waals surface area contributed by atoms with E-state index in [2.05, 4.69) is 14.9 Å². The Morgan fingerprint density at radius 3 is 2.21 bits per heavy atom. The number of nitrogens with zero attached hydrogens (tertiary/aromatic N) is 1. The summed E-state index contributed by atoms with van der Waals surface area (Å²) in [4.78, 5) is 0. The number of aryl methyl sites for hydroxylation is 2. The van der Waals surface area contributed by atoms with Crippen molar-refractivity contribution in [1.29, 1.82) is 0 Å². The molecule has 0 saturated heterocycles. The van der Waals surface area contributed by atoms with Crippen LogP contribution in [0.5, 0.6) is 11.5 Å². The van der Waals surface area contributed by atoms with Gasteiger partial charge in [-0.2, -0.15) is 5.10 Å². The standard InChI is InChI=1S/C17H16N2O2.C2H6O/c1-10-8-13(15(21)9-14(10)20)17-16(11(2)18-19-17)12-6-4-3-5-7-12;1-3-2/h3-9,20-21H,1-2H3,(H,18,19);1-2H3. The van der Waals surface area contributed by atoms with Crippen LogP contribution in [-0.2, 0) is 4.74 Å². The lowest BCUT2D eigenvalue weighted by atomic mass is 9.97. The summed E-state index contributed by atoms with van der Waals surface area (Å²) in [5, 5.41) is 27.1. The van der Waals surface area contributed by atoms with Gasteiger partial charge in [-0.05, 0) is 31.0 Å². The third-order valence-electron chi connectivity index (χ3n) is 3.58. The summed E-state index contributed by atoms with van der Waals surface area (Å²) in [5.74, 6) is 0.0894. The molecule has 0 aliphatic heterocycles. The number of phenolic OH excluding ortho intramolecular Hbond substituents is 2. The van der Waals surface area contributed by atoms with Crippen molar-refractivity contribution in [3.05, 3.63) is 53.7 Å². The van der Waals surface area contributed by atoms with Crippen LogP contribution in [0.25, 0.3) is 22.4 Å². The quantitative estimate of drug-likeness (QED) is 0.664. The fraction of sp³-hybridized carbons (Fsp3) is 0.211. The second kappa shape index (κ2) is 7.66. The number of rotatable bonds is 2. The average molecular weight is 326 g/mol. The fourth-order valence-corrected chi connectivity index (χ4v) is 2.46. The number of hydrogen-bond donors (Lipinski definition) is 3. The van der Waals surface area contributed by atoms with Crippen LogP contribution in [0.2, 0.25) is 0 Å². The lowest BCUT2D eigenvalue weighted by Gasteiger charge is -2.08. The van der Waals surface area contributed by atoms with Crippen LogP contribution in [0, 0.1) is 13.8 Å². The molecule has 0 fully saturated rings. The molecular formula is C19H22N2O3. The normalized spacial score (nSPS) is 10.2. The molecule has 3 aromatic rings. The number of benzene rings is 2. The van der Waals surface area contributed by atoms with E-state index >= 15 is 0 Å². The van der Waals surface area contributed by atoms with E-state index in [0.717, 1.165) is 16.8 Å². The van der Waals surface area contributed by atoms with E-state index in [1.807, 2.05) is 37.3 Å². The fourth-order valence-electron chi connectivity index (χ4n) is 2.46. The molecule has 3 N–H and O–H groups in total. The zero-order valence-corrected chi connectivity index (χ0v) is 14.3. The van der Waals surface area contributed by atoms with Crippen LogP contribution in [0.15, 0.2) is 42.5 Å². The maximum Gasteiger partial charge on any atom is 0.128 e. The number of H-pyrrole nitrogens is 1. The van der Waals surface area contributed by atoms with Crippen molar-refractivity contribution >= 4 is 0 Å². The van der Waals surface area contributed by atoms with Crippen molar-refractivity contribution in [1.82, 2.24) is 10.2 Å². The van der Waals surface area contributed by atoms with Crippen molar-refractivity contribution in [3.63, 3.8) is 0 Å². The first kappa shape index (κ1) is 17.6. The van der Waals surface area contributed by atoms with Crippen LogP contribution in [0.1, 0.15) is 11.3 Å². The number of aromatic amines is 1. The molecule has 2 aromatic carbocycles. The number of methoxy groups -OCH3 is 1. The molecule has 1 aromatic heterocycles. The Kier molecular flexibility index (Phi) is 5.60. The number of hydrogen-bond acceptors (Lipinski definition) is 4. The van der Waals surface area contributed by atoms with Crippen LogP contribution in [-0.4, -0.2) is 34.6 Å². The van der Waals surface area contributed by atoms with Crippen molar-refractivity contribution < 1.29 is 14.9 Å². The molecule has 0 saturated carbocycles. The van der Waals surface area contributed by atoms with Crippen molar-refractivity contribution in [3.8, 4) is 33.9 Å². The van der Waals surface area contributed by atoms with Crippen LogP contribution < -0.4 is 0 Å². The van der Waals surface area contributed by atoms with Crippen LogP contribution in [0.3, 0.4) is 0 Å². The maximum atomic E-state index is 10.1. The first-order valence-electron chi connectivity index (χ1n) is 7.53. The molecule has 0 amide bonds. The number of nitrogens with one attached hydrogen (secondary N) is 1. The summed E-state index contributed by atoms with van der Waals surface area (Å²) in [6.45, 7) is 3.74. The molecule has 0 unspecified atom stereocenters. The van der Waals surface area contributed by atoms with Crippen LogP contribution in [0.4, 0.5) is 0 Å². The Labute approximate surface area is 141 Å². The van der Waals surface area contributed by atoms with Gasteiger partial charge < -0.3 is 14.9 Å². The largest absolute Gasteiger partial charge is 0.508 e. The summed E-state index contributed by atoms with van der Waals surface area (Å²) >= 11 is 0. The highest BCUT2D eigenvalue weighted by Crippen LogP contribution is 2.39. The SMILES string of the molecule is COC.Cc1cc(-c2n[nH]c(C)c2-c2ccccc2)c(O)cc1O. The molecular weight excluding hydrogens is 304 g/mol. The molecule has 3 rings (SSSR count). The third-order valence-corrected chi connectivity index (χ3v) is 3.58. The number of aromatic hydroxyl groups is 2. The van der Waals surface area contributed by atoms with Crippen molar-refractivity contribution in [2.24, 2.45) is 0 Å². The van der Waals surface area contributed by atoms with Gasteiger partial charge in [0.15, 0.2) is 0 Å². The smallest absolute Gasteiger partial charge is 0.128 e. The van der Waals surface area contributed by atoms with E-state index in [1.54, 1.807) is 27.2 Å². The van der Waals surface area contributed by atoms with E-state index in [9.17, 15) is 10.2 Å². The molecule has 0 aliphatic carbocycles. The summed E-state index contributed by atoms with van der Waals surface area (Å²) in [5.41, 5.74) is 4.90. The van der Waals surface area contributed by atoms with Crippen molar-refractivity contribution in [2.75, 3.05) is 14.2 Å². The van der Waals surface area contributed by atoms with Gasteiger partial charge in [0, 0.05) is 37.1 Å². The lowest BCUT2D eigenvalue weighted by molar-refractivity contribution is 0.277. The molecule has 0 spiro atoms. The Morgan fingerprint density at radius 2 is 1.58 bits per heavy atom. The highest BCUT2D eigenvalue weighted by molar-refractivity contribution is 5.85. The van der Waals surface area contributed by atoms with Crippen molar-refractivity contribution in [2.45, 2.75) is 13.8 Å². The third kappa shape index (κ3) is 3.58. The van der Waals surface area contributed by atoms with Gasteiger partial charge in [-0.1, -0.05) is 30.3 Å². The summed E-state index contributed by atoms with van der Waals surface area (Å²) in [6.07, 6.45) is 0. The van der Waals surface area contributed by atoms with Gasteiger partial charge in [0.2, 0.25) is 0 Å². The van der Waals surface area contributed by atoms with Gasteiger partial charge >= 0.3 is 0 Å². The lowest BCUT2D eigenvalue weighted by Crippen LogP contribution is -1.87. The van der Waals surface area contributed by atoms with Gasteiger partial charge in [-0.3, -0.25) is 5.10 Å². The predicted molar refractivity (Wildman–Crippen MR) is 95.2 cm³/mol. The minimum atomic E-state index is 0.0155. The molecule has 0 aliphatic rings. The second-order valence-electron chi connectivity index (χ2n) is 5.50. The van der Waals surface area contributed by atoms with Gasteiger partial charge in [0.1, 0.15) is 17.2 Å². The average Bonchev–Trinajstić information content (AvgIpc) is 2.94. The first-order chi connectivity index (χ1) is 11.5. The van der Waals surface area contributed by atoms with E-state index in [-0.39, 0.29) is 11.5 Å². The molecule has 0 bridgehead atoms. The topological polar surface area (TPSA) is 78.4 Å². The molecule has 126 valence electrons. The minimum absolute atomic E-state index is 0.0155. The summed E-state index contributed by atoms with van der Waals surface area (Å²) < 4.78 is 4.25. The molecule has 1 heterocycles. The molecule has 24 heavy (non-hydrogen) atoms. The second-order valence-corrected chi connectivity index (χ2v) is 5.50.